The summed E-state index contributed by atoms with van der Waals surface area (Å²) in [5.41, 5.74) is 0.784. The molecule has 0 spiro atoms. The number of nitrogens with one attached hydrogen (secondary N) is 1. The molecule has 0 saturated carbocycles. The van der Waals surface area contributed by atoms with Gasteiger partial charge in [0, 0.05) is 12.6 Å². The Balaban J connectivity index is 2.43. The first-order valence-electron chi connectivity index (χ1n) is 6.34. The molecule has 1 aromatic rings. The van der Waals surface area contributed by atoms with E-state index in [0.29, 0.717) is 5.92 Å². The minimum absolute atomic E-state index is 0.0228. The van der Waals surface area contributed by atoms with Crippen molar-refractivity contribution in [2.45, 2.75) is 32.9 Å². The summed E-state index contributed by atoms with van der Waals surface area (Å²) in [5, 5.41) is 3.21. The van der Waals surface area contributed by atoms with Crippen molar-refractivity contribution in [2.24, 2.45) is 5.92 Å². The highest BCUT2D eigenvalue weighted by Crippen LogP contribution is 2.18. The predicted molar refractivity (Wildman–Crippen MR) is 68.3 cm³/mol. The van der Waals surface area contributed by atoms with Crippen molar-refractivity contribution in [1.82, 2.24) is 4.98 Å². The molecule has 19 heavy (non-hydrogen) atoms. The van der Waals surface area contributed by atoms with E-state index >= 15 is 0 Å². The molecule has 3 nitrogen and oxygen atoms in total. The molecule has 0 radical (unpaired) electrons. The van der Waals surface area contributed by atoms with Crippen molar-refractivity contribution in [2.75, 3.05) is 18.5 Å². The van der Waals surface area contributed by atoms with Crippen molar-refractivity contribution in [3.63, 3.8) is 0 Å². The molecule has 0 aliphatic carbocycles. The predicted octanol–water partition coefficient (Wildman–Crippen LogP) is 3.87. The third kappa shape index (κ3) is 6.31. The van der Waals surface area contributed by atoms with Gasteiger partial charge in [-0.3, -0.25) is 0 Å². The first kappa shape index (κ1) is 15.6. The Morgan fingerprint density at radius 2 is 1.95 bits per heavy atom. The Kier molecular flexibility index (Phi) is 5.92. The number of halogens is 3. The monoisotopic (exact) mass is 276 g/mol. The number of aromatic nitrogens is 1. The number of rotatable bonds is 7. The van der Waals surface area contributed by atoms with Crippen LogP contribution in [0.3, 0.4) is 0 Å². The smallest absolute Gasteiger partial charge is 0.422 e. The molecule has 0 amide bonds. The standard InChI is InChI=1S/C13H19F3N2O/c1-3-10(4-2)7-17-11-5-6-12(18-8-11)19-9-13(14,15)16/h5-6,8,10,17H,3-4,7,9H2,1-2H3. The minimum Gasteiger partial charge on any atom is -0.468 e. The molecule has 0 unspecified atom stereocenters. The molecule has 1 rings (SSSR count). The maximum absolute atomic E-state index is 11.9. The molecule has 0 fully saturated rings. The molecule has 1 aromatic heterocycles. The SMILES string of the molecule is CCC(CC)CNc1ccc(OCC(F)(F)F)nc1. The molecule has 0 saturated heterocycles. The number of anilines is 1. The zero-order chi connectivity index (χ0) is 14.3. The lowest BCUT2D eigenvalue weighted by Crippen LogP contribution is -2.19. The third-order valence-corrected chi connectivity index (χ3v) is 2.87. The van der Waals surface area contributed by atoms with Gasteiger partial charge in [-0.15, -0.1) is 0 Å². The van der Waals surface area contributed by atoms with Crippen LogP contribution in [-0.4, -0.2) is 24.3 Å². The van der Waals surface area contributed by atoms with Crippen LogP contribution >= 0.6 is 0 Å². The molecule has 108 valence electrons. The van der Waals surface area contributed by atoms with Crippen LogP contribution in [-0.2, 0) is 0 Å². The van der Waals surface area contributed by atoms with Gasteiger partial charge in [-0.05, 0) is 12.0 Å². The van der Waals surface area contributed by atoms with Crippen LogP contribution in [0.4, 0.5) is 18.9 Å². The average molecular weight is 276 g/mol. The summed E-state index contributed by atoms with van der Waals surface area (Å²) in [5.74, 6) is 0.562. The molecule has 0 aliphatic heterocycles. The Morgan fingerprint density at radius 1 is 1.26 bits per heavy atom. The summed E-state index contributed by atoms with van der Waals surface area (Å²) < 4.78 is 40.4. The van der Waals surface area contributed by atoms with Gasteiger partial charge in [0.25, 0.3) is 0 Å². The highest BCUT2D eigenvalue weighted by Gasteiger charge is 2.28. The lowest BCUT2D eigenvalue weighted by Gasteiger charge is -2.14. The van der Waals surface area contributed by atoms with Crippen LogP contribution in [0.2, 0.25) is 0 Å². The summed E-state index contributed by atoms with van der Waals surface area (Å²) in [6, 6.07) is 3.10. The Bertz CT molecular complexity index is 361. The van der Waals surface area contributed by atoms with Crippen molar-refractivity contribution < 1.29 is 17.9 Å². The Hall–Kier alpha value is -1.46. The van der Waals surface area contributed by atoms with Crippen LogP contribution < -0.4 is 10.1 Å². The average Bonchev–Trinajstić information content (AvgIpc) is 2.38. The Morgan fingerprint density at radius 3 is 2.42 bits per heavy atom. The quantitative estimate of drug-likeness (QED) is 0.820. The molecule has 6 heteroatoms. The van der Waals surface area contributed by atoms with E-state index in [1.165, 1.54) is 12.3 Å². The molecular formula is C13H19F3N2O. The van der Waals surface area contributed by atoms with Gasteiger partial charge in [0.15, 0.2) is 6.61 Å². The highest BCUT2D eigenvalue weighted by atomic mass is 19.4. The second-order valence-corrected chi connectivity index (χ2v) is 4.35. The van der Waals surface area contributed by atoms with E-state index in [4.69, 9.17) is 0 Å². The molecule has 0 atom stereocenters. The fourth-order valence-corrected chi connectivity index (χ4v) is 1.57. The van der Waals surface area contributed by atoms with Gasteiger partial charge >= 0.3 is 6.18 Å². The Labute approximate surface area is 111 Å². The number of nitrogens with zero attached hydrogens (tertiary/aromatic N) is 1. The van der Waals surface area contributed by atoms with Crippen molar-refractivity contribution in [1.29, 1.82) is 0 Å². The lowest BCUT2D eigenvalue weighted by atomic mass is 10.0. The minimum atomic E-state index is -4.34. The van der Waals surface area contributed by atoms with Crippen molar-refractivity contribution in [3.05, 3.63) is 18.3 Å². The van der Waals surface area contributed by atoms with E-state index in [1.54, 1.807) is 6.07 Å². The van der Waals surface area contributed by atoms with Crippen LogP contribution in [0.1, 0.15) is 26.7 Å². The van der Waals surface area contributed by atoms with Crippen LogP contribution in [0.15, 0.2) is 18.3 Å². The fourth-order valence-electron chi connectivity index (χ4n) is 1.57. The van der Waals surface area contributed by atoms with E-state index in [1.807, 2.05) is 0 Å². The number of ether oxygens (including phenoxy) is 1. The topological polar surface area (TPSA) is 34.1 Å². The second kappa shape index (κ2) is 7.21. The first-order valence-corrected chi connectivity index (χ1v) is 6.34. The molecule has 1 heterocycles. The summed E-state index contributed by atoms with van der Waals surface area (Å²) in [4.78, 5) is 3.83. The van der Waals surface area contributed by atoms with E-state index in [-0.39, 0.29) is 5.88 Å². The molecular weight excluding hydrogens is 257 g/mol. The van der Waals surface area contributed by atoms with Gasteiger partial charge in [0.1, 0.15) is 0 Å². The zero-order valence-corrected chi connectivity index (χ0v) is 11.1. The number of alkyl halides is 3. The van der Waals surface area contributed by atoms with Gasteiger partial charge in [-0.1, -0.05) is 26.7 Å². The van der Waals surface area contributed by atoms with E-state index in [0.717, 1.165) is 25.1 Å². The second-order valence-electron chi connectivity index (χ2n) is 4.35. The van der Waals surface area contributed by atoms with Crippen molar-refractivity contribution in [3.8, 4) is 5.88 Å². The number of pyridine rings is 1. The molecule has 0 aliphatic rings. The lowest BCUT2D eigenvalue weighted by molar-refractivity contribution is -0.154. The van der Waals surface area contributed by atoms with Gasteiger partial charge in [0.2, 0.25) is 5.88 Å². The normalized spacial score (nSPS) is 11.7. The summed E-state index contributed by atoms with van der Waals surface area (Å²) in [6.07, 6.45) is -0.685. The maximum atomic E-state index is 11.9. The van der Waals surface area contributed by atoms with Gasteiger partial charge in [-0.2, -0.15) is 13.2 Å². The zero-order valence-electron chi connectivity index (χ0n) is 11.1. The van der Waals surface area contributed by atoms with E-state index < -0.39 is 12.8 Å². The number of hydrogen-bond acceptors (Lipinski definition) is 3. The number of hydrogen-bond donors (Lipinski definition) is 1. The molecule has 0 bridgehead atoms. The van der Waals surface area contributed by atoms with Gasteiger partial charge in [0.05, 0.1) is 11.9 Å². The largest absolute Gasteiger partial charge is 0.468 e. The van der Waals surface area contributed by atoms with Gasteiger partial charge < -0.3 is 10.1 Å². The van der Waals surface area contributed by atoms with Crippen LogP contribution in [0.25, 0.3) is 0 Å². The van der Waals surface area contributed by atoms with E-state index in [9.17, 15) is 13.2 Å². The maximum Gasteiger partial charge on any atom is 0.422 e. The summed E-state index contributed by atoms with van der Waals surface area (Å²) in [6.45, 7) is 3.77. The first-order chi connectivity index (χ1) is 8.94. The van der Waals surface area contributed by atoms with Crippen LogP contribution in [0.5, 0.6) is 5.88 Å². The van der Waals surface area contributed by atoms with Gasteiger partial charge in [-0.25, -0.2) is 4.98 Å². The summed E-state index contributed by atoms with van der Waals surface area (Å²) >= 11 is 0. The third-order valence-electron chi connectivity index (χ3n) is 2.87. The van der Waals surface area contributed by atoms with Crippen LogP contribution in [0, 0.1) is 5.92 Å². The van der Waals surface area contributed by atoms with Crippen molar-refractivity contribution >= 4 is 5.69 Å². The summed E-state index contributed by atoms with van der Waals surface area (Å²) in [7, 11) is 0. The molecule has 0 aromatic carbocycles. The van der Waals surface area contributed by atoms with E-state index in [2.05, 4.69) is 28.9 Å². The molecule has 1 N–H and O–H groups in total. The fraction of sp³-hybridized carbons (Fsp3) is 0.615. The highest BCUT2D eigenvalue weighted by molar-refractivity contribution is 5.41.